The van der Waals surface area contributed by atoms with Gasteiger partial charge in [-0.1, -0.05) is 77.9 Å². The average molecular weight is 561 g/mol. The third kappa shape index (κ3) is 3.62. The van der Waals surface area contributed by atoms with Crippen LogP contribution in [0.25, 0.3) is 22.4 Å². The summed E-state index contributed by atoms with van der Waals surface area (Å²) < 4.78 is 0. The molecular weight excluding hydrogens is 531 g/mol. The standard InChI is InChI=1S/C27H30N.Ir/c1-18-19(2)27(5,6)24-16-22(12-13-23(24)26(18,3)4)25-17-21(14-15-28-25)20-10-8-7-9-11-20;/h7-11,13-19H,1-6H3;/q-1;. The van der Waals surface area contributed by atoms with Crippen LogP contribution in [0.4, 0.5) is 0 Å². The smallest absolute Gasteiger partial charge is 0.0166 e. The molecule has 2 aromatic carbocycles. The fraction of sp³-hybridized carbons (Fsp3) is 0.370. The van der Waals surface area contributed by atoms with Gasteiger partial charge in [-0.05, 0) is 45.6 Å². The summed E-state index contributed by atoms with van der Waals surface area (Å²) >= 11 is 0. The van der Waals surface area contributed by atoms with Crippen molar-refractivity contribution in [3.63, 3.8) is 0 Å². The molecule has 29 heavy (non-hydrogen) atoms. The second-order valence-corrected chi connectivity index (χ2v) is 9.49. The van der Waals surface area contributed by atoms with E-state index in [1.165, 1.54) is 22.3 Å². The Labute approximate surface area is 189 Å². The Bertz CT molecular complexity index is 1000. The van der Waals surface area contributed by atoms with E-state index >= 15 is 0 Å². The van der Waals surface area contributed by atoms with E-state index in [-0.39, 0.29) is 30.9 Å². The Morgan fingerprint density at radius 1 is 0.793 bits per heavy atom. The van der Waals surface area contributed by atoms with Gasteiger partial charge in [0, 0.05) is 26.3 Å². The van der Waals surface area contributed by atoms with E-state index in [2.05, 4.69) is 107 Å². The SMILES string of the molecule is CC1C(C)C(C)(C)c2cc(-c3cc(-c4ccccc4)ccn3)[c-]cc2C1(C)C.[Ir]. The van der Waals surface area contributed by atoms with Gasteiger partial charge in [0.25, 0.3) is 0 Å². The zero-order chi connectivity index (χ0) is 20.1. The summed E-state index contributed by atoms with van der Waals surface area (Å²) in [7, 11) is 0. The number of fused-ring (bicyclic) bond motifs is 1. The molecule has 0 saturated heterocycles. The number of hydrogen-bond donors (Lipinski definition) is 0. The molecule has 4 rings (SSSR count). The quantitative estimate of drug-likeness (QED) is 0.306. The van der Waals surface area contributed by atoms with Gasteiger partial charge in [-0.3, -0.25) is 0 Å². The molecule has 2 heteroatoms. The summed E-state index contributed by atoms with van der Waals surface area (Å²) in [5, 5.41) is 0. The first-order valence-electron chi connectivity index (χ1n) is 10.3. The van der Waals surface area contributed by atoms with E-state index < -0.39 is 0 Å². The van der Waals surface area contributed by atoms with Gasteiger partial charge in [-0.15, -0.1) is 34.9 Å². The van der Waals surface area contributed by atoms with Crippen LogP contribution in [0.3, 0.4) is 0 Å². The van der Waals surface area contributed by atoms with Crippen molar-refractivity contribution in [2.24, 2.45) is 11.8 Å². The summed E-state index contributed by atoms with van der Waals surface area (Å²) in [4.78, 5) is 4.67. The molecule has 1 aliphatic rings. The number of aromatic nitrogens is 1. The maximum atomic E-state index is 4.67. The molecule has 0 aliphatic heterocycles. The largest absolute Gasteiger partial charge is 0.305 e. The molecule has 2 atom stereocenters. The minimum Gasteiger partial charge on any atom is -0.305 e. The molecule has 153 valence electrons. The van der Waals surface area contributed by atoms with Gasteiger partial charge >= 0.3 is 0 Å². The van der Waals surface area contributed by atoms with E-state index in [1.54, 1.807) is 0 Å². The van der Waals surface area contributed by atoms with Crippen LogP contribution in [0.1, 0.15) is 52.7 Å². The molecule has 0 bridgehead atoms. The molecule has 1 aliphatic carbocycles. The molecule has 2 unspecified atom stereocenters. The summed E-state index contributed by atoms with van der Waals surface area (Å²) in [5.41, 5.74) is 7.65. The fourth-order valence-electron chi connectivity index (χ4n) is 4.83. The number of benzene rings is 2. The van der Waals surface area contributed by atoms with Crippen LogP contribution >= 0.6 is 0 Å². The number of pyridine rings is 1. The molecule has 1 heterocycles. The van der Waals surface area contributed by atoms with Gasteiger partial charge in [0.15, 0.2) is 0 Å². The average Bonchev–Trinajstić information content (AvgIpc) is 2.72. The van der Waals surface area contributed by atoms with Gasteiger partial charge in [0.1, 0.15) is 0 Å². The Morgan fingerprint density at radius 3 is 2.07 bits per heavy atom. The maximum absolute atomic E-state index is 4.67. The monoisotopic (exact) mass is 561 g/mol. The topological polar surface area (TPSA) is 12.9 Å². The van der Waals surface area contributed by atoms with Crippen molar-refractivity contribution in [2.75, 3.05) is 0 Å². The molecule has 0 N–H and O–H groups in total. The molecule has 1 aromatic heterocycles. The summed E-state index contributed by atoms with van der Waals surface area (Å²) in [6.45, 7) is 14.3. The molecule has 0 amide bonds. The van der Waals surface area contributed by atoms with Gasteiger partial charge < -0.3 is 4.98 Å². The van der Waals surface area contributed by atoms with E-state index in [9.17, 15) is 0 Å². The van der Waals surface area contributed by atoms with Crippen LogP contribution in [0.5, 0.6) is 0 Å². The van der Waals surface area contributed by atoms with Gasteiger partial charge in [-0.25, -0.2) is 0 Å². The van der Waals surface area contributed by atoms with E-state index in [4.69, 9.17) is 0 Å². The Hall–Kier alpha value is -1.76. The van der Waals surface area contributed by atoms with Crippen LogP contribution in [-0.4, -0.2) is 4.98 Å². The second-order valence-electron chi connectivity index (χ2n) is 9.49. The van der Waals surface area contributed by atoms with E-state index in [1.807, 2.05) is 6.20 Å². The van der Waals surface area contributed by atoms with Crippen LogP contribution in [0, 0.1) is 17.9 Å². The molecule has 0 fully saturated rings. The Morgan fingerprint density at radius 2 is 1.41 bits per heavy atom. The predicted molar refractivity (Wildman–Crippen MR) is 118 cm³/mol. The van der Waals surface area contributed by atoms with Crippen molar-refractivity contribution in [1.29, 1.82) is 0 Å². The van der Waals surface area contributed by atoms with Crippen LogP contribution in [0.2, 0.25) is 0 Å². The number of rotatable bonds is 2. The van der Waals surface area contributed by atoms with Crippen molar-refractivity contribution in [1.82, 2.24) is 4.98 Å². The van der Waals surface area contributed by atoms with Crippen molar-refractivity contribution >= 4 is 0 Å². The van der Waals surface area contributed by atoms with Crippen molar-refractivity contribution in [3.8, 4) is 22.4 Å². The summed E-state index contributed by atoms with van der Waals surface area (Å²) in [6.07, 6.45) is 1.91. The third-order valence-corrected chi connectivity index (χ3v) is 7.51. The Kier molecular flexibility index (Phi) is 5.91. The van der Waals surface area contributed by atoms with Crippen LogP contribution < -0.4 is 0 Å². The first-order valence-corrected chi connectivity index (χ1v) is 10.3. The van der Waals surface area contributed by atoms with Crippen LogP contribution in [-0.2, 0) is 30.9 Å². The van der Waals surface area contributed by atoms with Crippen molar-refractivity contribution in [3.05, 3.63) is 78.0 Å². The number of nitrogens with zero attached hydrogens (tertiary/aromatic N) is 1. The van der Waals surface area contributed by atoms with Crippen molar-refractivity contribution in [2.45, 2.75) is 52.4 Å². The normalized spacial score (nSPS) is 21.7. The van der Waals surface area contributed by atoms with Gasteiger partial charge in [-0.2, -0.15) is 0 Å². The molecule has 1 nitrogen and oxygen atoms in total. The fourth-order valence-corrected chi connectivity index (χ4v) is 4.83. The van der Waals surface area contributed by atoms with E-state index in [0.29, 0.717) is 11.8 Å². The zero-order valence-electron chi connectivity index (χ0n) is 18.2. The van der Waals surface area contributed by atoms with Gasteiger partial charge in [0.05, 0.1) is 0 Å². The molecule has 3 aromatic rings. The van der Waals surface area contributed by atoms with E-state index in [0.717, 1.165) is 11.3 Å². The molecule has 0 spiro atoms. The zero-order valence-corrected chi connectivity index (χ0v) is 20.6. The van der Waals surface area contributed by atoms with Crippen LogP contribution in [0.15, 0.2) is 60.8 Å². The van der Waals surface area contributed by atoms with Gasteiger partial charge in [0.2, 0.25) is 0 Å². The summed E-state index contributed by atoms with van der Waals surface area (Å²) in [5.74, 6) is 1.22. The second kappa shape index (κ2) is 7.82. The maximum Gasteiger partial charge on any atom is 0.0166 e. The summed E-state index contributed by atoms with van der Waals surface area (Å²) in [6, 6.07) is 22.9. The molecule has 1 radical (unpaired) electrons. The predicted octanol–water partition coefficient (Wildman–Crippen LogP) is 7.05. The first-order chi connectivity index (χ1) is 13.2. The Balaban J connectivity index is 0.00000240. The minimum atomic E-state index is 0. The molecule has 0 saturated carbocycles. The third-order valence-electron chi connectivity index (χ3n) is 7.51. The minimum absolute atomic E-state index is 0. The molecular formula is C27H30IrN-. The van der Waals surface area contributed by atoms with Crippen molar-refractivity contribution < 1.29 is 20.1 Å². The number of hydrogen-bond acceptors (Lipinski definition) is 1. The first kappa shape index (κ1) is 21.9.